The standard InChI is InChI=1S/C12H20N2O4S/c13-7-11-5-6-12(18-11)19(16,17)14-8-9-1-3-10(15)4-2-9/h5-6,9-10,14-15H,1-4,7-8,13H2. The Bertz CT molecular complexity index is 504. The lowest BCUT2D eigenvalue weighted by atomic mass is 9.88. The highest BCUT2D eigenvalue weighted by Crippen LogP contribution is 2.24. The monoisotopic (exact) mass is 288 g/mol. The molecule has 0 spiro atoms. The minimum absolute atomic E-state index is 0.0937. The number of nitrogens with two attached hydrogens (primary N) is 1. The van der Waals surface area contributed by atoms with E-state index in [1.807, 2.05) is 0 Å². The topological polar surface area (TPSA) is 106 Å². The summed E-state index contributed by atoms with van der Waals surface area (Å²) in [6.07, 6.45) is 2.94. The molecule has 1 saturated carbocycles. The van der Waals surface area contributed by atoms with Gasteiger partial charge in [0.2, 0.25) is 5.09 Å². The van der Waals surface area contributed by atoms with E-state index in [1.165, 1.54) is 6.07 Å². The average Bonchev–Trinajstić information content (AvgIpc) is 2.88. The molecule has 1 fully saturated rings. The van der Waals surface area contributed by atoms with Crippen molar-refractivity contribution in [2.45, 2.75) is 43.4 Å². The molecule has 0 unspecified atom stereocenters. The molecule has 0 radical (unpaired) electrons. The van der Waals surface area contributed by atoms with Crippen molar-refractivity contribution >= 4 is 10.0 Å². The minimum atomic E-state index is -3.60. The molecule has 0 bridgehead atoms. The van der Waals surface area contributed by atoms with Gasteiger partial charge in [0, 0.05) is 6.54 Å². The number of rotatable bonds is 5. The SMILES string of the molecule is NCc1ccc(S(=O)(=O)NCC2CCC(O)CC2)o1. The van der Waals surface area contributed by atoms with E-state index in [0.29, 0.717) is 12.3 Å². The van der Waals surface area contributed by atoms with E-state index >= 15 is 0 Å². The van der Waals surface area contributed by atoms with Gasteiger partial charge in [-0.2, -0.15) is 0 Å². The summed E-state index contributed by atoms with van der Waals surface area (Å²) in [6, 6.07) is 2.97. The van der Waals surface area contributed by atoms with Crippen LogP contribution >= 0.6 is 0 Å². The minimum Gasteiger partial charge on any atom is -0.447 e. The van der Waals surface area contributed by atoms with Crippen LogP contribution in [0.15, 0.2) is 21.6 Å². The fraction of sp³-hybridized carbons (Fsp3) is 0.667. The van der Waals surface area contributed by atoms with Crippen molar-refractivity contribution in [1.82, 2.24) is 4.72 Å². The Morgan fingerprint density at radius 2 is 2.00 bits per heavy atom. The molecule has 4 N–H and O–H groups in total. The first kappa shape index (κ1) is 14.5. The molecule has 0 aromatic carbocycles. The van der Waals surface area contributed by atoms with Crippen LogP contribution in [0.3, 0.4) is 0 Å². The molecule has 1 aliphatic rings. The van der Waals surface area contributed by atoms with Gasteiger partial charge in [0.1, 0.15) is 5.76 Å². The summed E-state index contributed by atoms with van der Waals surface area (Å²) in [5, 5.41) is 9.30. The van der Waals surface area contributed by atoms with E-state index in [1.54, 1.807) is 6.07 Å². The predicted molar refractivity (Wildman–Crippen MR) is 69.8 cm³/mol. The maximum absolute atomic E-state index is 12.0. The van der Waals surface area contributed by atoms with Crippen LogP contribution < -0.4 is 10.5 Å². The van der Waals surface area contributed by atoms with Gasteiger partial charge in [0.25, 0.3) is 10.0 Å². The molecule has 0 amide bonds. The Hall–Kier alpha value is -0.890. The normalized spacial score (nSPS) is 24.5. The van der Waals surface area contributed by atoms with Gasteiger partial charge < -0.3 is 15.3 Å². The van der Waals surface area contributed by atoms with E-state index in [2.05, 4.69) is 4.72 Å². The molecule has 6 nitrogen and oxygen atoms in total. The zero-order valence-electron chi connectivity index (χ0n) is 10.7. The van der Waals surface area contributed by atoms with Crippen molar-refractivity contribution in [1.29, 1.82) is 0 Å². The van der Waals surface area contributed by atoms with Crippen LogP contribution in [0.25, 0.3) is 0 Å². The van der Waals surface area contributed by atoms with Crippen LogP contribution in [0, 0.1) is 5.92 Å². The molecular formula is C12H20N2O4S. The molecule has 1 heterocycles. The Balaban J connectivity index is 1.90. The van der Waals surface area contributed by atoms with E-state index in [4.69, 9.17) is 10.2 Å². The molecule has 19 heavy (non-hydrogen) atoms. The van der Waals surface area contributed by atoms with Crippen molar-refractivity contribution in [3.63, 3.8) is 0 Å². The summed E-state index contributed by atoms with van der Waals surface area (Å²) in [5.74, 6) is 0.725. The second kappa shape index (κ2) is 6.04. The Kier molecular flexibility index (Phi) is 4.62. The third-order valence-electron chi connectivity index (χ3n) is 3.48. The van der Waals surface area contributed by atoms with Crippen molar-refractivity contribution in [3.8, 4) is 0 Å². The van der Waals surface area contributed by atoms with Crippen LogP contribution in [0.4, 0.5) is 0 Å². The van der Waals surface area contributed by atoms with Crippen LogP contribution in [0.5, 0.6) is 0 Å². The number of nitrogens with one attached hydrogen (secondary N) is 1. The summed E-state index contributed by atoms with van der Waals surface area (Å²) in [7, 11) is -3.60. The molecule has 0 atom stereocenters. The Morgan fingerprint density at radius 3 is 2.58 bits per heavy atom. The first-order chi connectivity index (χ1) is 9.01. The van der Waals surface area contributed by atoms with Crippen molar-refractivity contribution < 1.29 is 17.9 Å². The van der Waals surface area contributed by atoms with Gasteiger partial charge >= 0.3 is 0 Å². The quantitative estimate of drug-likeness (QED) is 0.734. The van der Waals surface area contributed by atoms with Crippen molar-refractivity contribution in [2.75, 3.05) is 6.54 Å². The molecule has 1 aliphatic carbocycles. The molecule has 2 rings (SSSR count). The summed E-state index contributed by atoms with van der Waals surface area (Å²) < 4.78 is 31.6. The van der Waals surface area contributed by atoms with Crippen molar-refractivity contribution in [3.05, 3.63) is 17.9 Å². The largest absolute Gasteiger partial charge is 0.447 e. The van der Waals surface area contributed by atoms with Gasteiger partial charge in [-0.05, 0) is 43.7 Å². The van der Waals surface area contributed by atoms with Gasteiger partial charge in [-0.3, -0.25) is 0 Å². The van der Waals surface area contributed by atoms with E-state index in [-0.39, 0.29) is 23.7 Å². The van der Waals surface area contributed by atoms with Crippen LogP contribution in [0.2, 0.25) is 0 Å². The smallest absolute Gasteiger partial charge is 0.273 e. The molecule has 1 aromatic heterocycles. The highest BCUT2D eigenvalue weighted by atomic mass is 32.2. The molecule has 1 aromatic rings. The lowest BCUT2D eigenvalue weighted by Crippen LogP contribution is -2.32. The number of sulfonamides is 1. The number of hydrogen-bond donors (Lipinski definition) is 3. The molecule has 108 valence electrons. The third-order valence-corrected chi connectivity index (χ3v) is 4.78. The lowest BCUT2D eigenvalue weighted by Gasteiger charge is -2.25. The van der Waals surface area contributed by atoms with Crippen LogP contribution in [-0.2, 0) is 16.6 Å². The number of aliphatic hydroxyl groups is 1. The molecule has 0 aliphatic heterocycles. The maximum atomic E-state index is 12.0. The van der Waals surface area contributed by atoms with Crippen LogP contribution in [0.1, 0.15) is 31.4 Å². The Morgan fingerprint density at radius 1 is 1.32 bits per heavy atom. The summed E-state index contributed by atoms with van der Waals surface area (Å²) >= 11 is 0. The second-order valence-electron chi connectivity index (χ2n) is 4.95. The highest BCUT2D eigenvalue weighted by molar-refractivity contribution is 7.89. The van der Waals surface area contributed by atoms with Gasteiger partial charge in [-0.25, -0.2) is 13.1 Å². The van der Waals surface area contributed by atoms with Gasteiger partial charge in [0.15, 0.2) is 0 Å². The number of hydrogen-bond acceptors (Lipinski definition) is 5. The van der Waals surface area contributed by atoms with E-state index in [0.717, 1.165) is 25.7 Å². The lowest BCUT2D eigenvalue weighted by molar-refractivity contribution is 0.109. The summed E-state index contributed by atoms with van der Waals surface area (Å²) in [4.78, 5) is 0. The summed E-state index contributed by atoms with van der Waals surface area (Å²) in [6.45, 7) is 0.559. The molecular weight excluding hydrogens is 268 g/mol. The van der Waals surface area contributed by atoms with Gasteiger partial charge in [0.05, 0.1) is 12.6 Å². The fourth-order valence-corrected chi connectivity index (χ4v) is 3.32. The van der Waals surface area contributed by atoms with E-state index < -0.39 is 10.0 Å². The van der Waals surface area contributed by atoms with Gasteiger partial charge in [-0.1, -0.05) is 0 Å². The predicted octanol–water partition coefficient (Wildman–Crippen LogP) is 0.568. The van der Waals surface area contributed by atoms with E-state index in [9.17, 15) is 13.5 Å². The number of aliphatic hydroxyl groups excluding tert-OH is 1. The second-order valence-corrected chi connectivity index (χ2v) is 6.65. The first-order valence-corrected chi connectivity index (χ1v) is 7.96. The summed E-state index contributed by atoms with van der Waals surface area (Å²) in [5.41, 5.74) is 5.38. The van der Waals surface area contributed by atoms with Crippen LogP contribution in [-0.4, -0.2) is 26.2 Å². The van der Waals surface area contributed by atoms with Gasteiger partial charge in [-0.15, -0.1) is 0 Å². The zero-order valence-corrected chi connectivity index (χ0v) is 11.5. The highest BCUT2D eigenvalue weighted by Gasteiger charge is 2.23. The first-order valence-electron chi connectivity index (χ1n) is 6.48. The molecule has 0 saturated heterocycles. The number of furan rings is 1. The average molecular weight is 288 g/mol. The zero-order chi connectivity index (χ0) is 13.9. The molecule has 7 heteroatoms. The third kappa shape index (κ3) is 3.79. The van der Waals surface area contributed by atoms with Crippen molar-refractivity contribution in [2.24, 2.45) is 11.7 Å². The maximum Gasteiger partial charge on any atom is 0.273 e. The fourth-order valence-electron chi connectivity index (χ4n) is 2.26. The Labute approximate surface area is 113 Å².